The van der Waals surface area contributed by atoms with E-state index in [1.807, 2.05) is 20.8 Å². The molecule has 0 heterocycles. The molecule has 0 aromatic carbocycles. The van der Waals surface area contributed by atoms with E-state index in [1.165, 1.54) is 0 Å². The molecule has 20 heavy (non-hydrogen) atoms. The highest BCUT2D eigenvalue weighted by molar-refractivity contribution is 9.26. The molecule has 0 aliphatic carbocycles. The van der Waals surface area contributed by atoms with E-state index in [0.29, 0.717) is 0 Å². The fourth-order valence-corrected chi connectivity index (χ4v) is 3.91. The number of alkyl halides is 6. The smallest absolute Gasteiger partial charge is 0.284 e. The van der Waals surface area contributed by atoms with Crippen molar-refractivity contribution in [3.8, 4) is 0 Å². The summed E-state index contributed by atoms with van der Waals surface area (Å²) in [6.07, 6.45) is 0. The van der Waals surface area contributed by atoms with E-state index in [1.54, 1.807) is 0 Å². The first-order valence-electron chi connectivity index (χ1n) is 5.29. The van der Waals surface area contributed by atoms with Crippen molar-refractivity contribution in [2.75, 3.05) is 19.8 Å². The molecule has 0 saturated carbocycles. The molecule has 11 heteroatoms. The summed E-state index contributed by atoms with van der Waals surface area (Å²) >= 11 is 20.0. The van der Waals surface area contributed by atoms with E-state index in [2.05, 4.69) is 95.6 Å². The predicted octanol–water partition coefficient (Wildman–Crippen LogP) is 6.66. The summed E-state index contributed by atoms with van der Waals surface area (Å²) in [5.41, 5.74) is 0. The maximum atomic E-state index is 12.6. The van der Waals surface area contributed by atoms with E-state index < -0.39 is 17.5 Å². The lowest BCUT2D eigenvalue weighted by Crippen LogP contribution is -2.21. The first kappa shape index (κ1) is 23.0. The van der Waals surface area contributed by atoms with Gasteiger partial charge in [-0.05, 0) is 20.8 Å². The van der Waals surface area contributed by atoms with Crippen molar-refractivity contribution >= 4 is 103 Å². The van der Waals surface area contributed by atoms with E-state index in [9.17, 15) is 4.57 Å². The molecule has 0 N–H and O–H groups in total. The van der Waals surface area contributed by atoms with Gasteiger partial charge in [0.05, 0.1) is 19.8 Å². The molecule has 0 rings (SSSR count). The Hall–Kier alpha value is 2.99. The van der Waals surface area contributed by atoms with Gasteiger partial charge in [0, 0.05) is 0 Å². The molecule has 0 atom stereocenters. The molecule has 0 saturated heterocycles. The fourth-order valence-electron chi connectivity index (χ4n) is 0.689. The number of rotatable bonds is 9. The molecule has 122 valence electrons. The van der Waals surface area contributed by atoms with Gasteiger partial charge in [-0.1, -0.05) is 95.6 Å². The fraction of sp³-hybridized carbons (Fsp3) is 1.00. The van der Waals surface area contributed by atoms with E-state index in [-0.39, 0.29) is 19.8 Å². The van der Waals surface area contributed by atoms with Crippen LogP contribution in [-0.4, -0.2) is 29.5 Å². The van der Waals surface area contributed by atoms with Crippen LogP contribution in [0.5, 0.6) is 0 Å². The van der Waals surface area contributed by atoms with Crippen molar-refractivity contribution in [1.82, 2.24) is 0 Å². The Morgan fingerprint density at radius 2 is 0.900 bits per heavy atom. The molecule has 0 radical (unpaired) electrons. The number of hydrogen-bond acceptors (Lipinski definition) is 4. The Morgan fingerprint density at radius 1 is 0.700 bits per heavy atom. The van der Waals surface area contributed by atoms with Gasteiger partial charge in [0.1, 0.15) is 9.70 Å². The zero-order valence-corrected chi connectivity index (χ0v) is 21.4. The van der Waals surface area contributed by atoms with Crippen LogP contribution in [0.15, 0.2) is 0 Å². The van der Waals surface area contributed by atoms with Crippen LogP contribution in [0.25, 0.3) is 0 Å². The molecule has 0 aliphatic heterocycles. The lowest BCUT2D eigenvalue weighted by molar-refractivity contribution is 0.113. The summed E-state index contributed by atoms with van der Waals surface area (Å²) < 4.78 is 27.0. The maximum absolute atomic E-state index is 12.6. The molecule has 0 aliphatic rings. The first-order valence-corrected chi connectivity index (χ1v) is 11.5. The van der Waals surface area contributed by atoms with Gasteiger partial charge in [-0.15, -0.1) is 0 Å². The molecule has 0 unspecified atom stereocenters. The molecule has 0 aromatic rings. The molecule has 0 spiro atoms. The number of hydrogen-bond donors (Lipinski definition) is 0. The minimum atomic E-state index is -3.69. The van der Waals surface area contributed by atoms with Gasteiger partial charge < -0.3 is 0 Å². The van der Waals surface area contributed by atoms with Crippen LogP contribution in [-0.2, 0) is 18.1 Å². The summed E-state index contributed by atoms with van der Waals surface area (Å²) in [4.78, 5) is 0. The molecule has 0 amide bonds. The Labute approximate surface area is 170 Å². The average molecular weight is 698 g/mol. The molecular formula is C9H15Br6O4P. The SMILES string of the molecule is CC(Br)(Br)COP(=O)(OCC(C)(Br)Br)OCC(C)(Br)Br. The largest absolute Gasteiger partial charge is 0.475 e. The van der Waals surface area contributed by atoms with Gasteiger partial charge in [-0.2, -0.15) is 0 Å². The number of halogens is 6. The predicted molar refractivity (Wildman–Crippen MR) is 104 cm³/mol. The van der Waals surface area contributed by atoms with Crippen molar-refractivity contribution in [1.29, 1.82) is 0 Å². The summed E-state index contributed by atoms with van der Waals surface area (Å²) in [6, 6.07) is 0. The third kappa shape index (κ3) is 14.6. The highest BCUT2D eigenvalue weighted by Crippen LogP contribution is 2.53. The molecular weight excluding hydrogens is 682 g/mol. The van der Waals surface area contributed by atoms with Gasteiger partial charge in [-0.25, -0.2) is 4.57 Å². The van der Waals surface area contributed by atoms with Crippen LogP contribution >= 0.6 is 103 Å². The second-order valence-corrected chi connectivity index (χ2v) is 19.8. The van der Waals surface area contributed by atoms with Gasteiger partial charge in [0.15, 0.2) is 0 Å². The standard InChI is InChI=1S/C9H15Br6O4P/c1-7(10,11)4-17-20(16,18-5-8(2,12)13)19-6-9(3,14)15/h4-6H2,1-3H3. The van der Waals surface area contributed by atoms with Crippen LogP contribution in [0.1, 0.15) is 20.8 Å². The van der Waals surface area contributed by atoms with Crippen molar-refractivity contribution in [2.24, 2.45) is 0 Å². The van der Waals surface area contributed by atoms with Gasteiger partial charge in [0.2, 0.25) is 0 Å². The van der Waals surface area contributed by atoms with E-state index in [0.717, 1.165) is 0 Å². The van der Waals surface area contributed by atoms with Crippen LogP contribution in [0.4, 0.5) is 0 Å². The first-order chi connectivity index (χ1) is 8.62. The monoisotopic (exact) mass is 692 g/mol. The quantitative estimate of drug-likeness (QED) is 0.200. The second-order valence-electron chi connectivity index (χ2n) is 4.48. The molecule has 0 aromatic heterocycles. The Balaban J connectivity index is 4.71. The Morgan fingerprint density at radius 3 is 1.05 bits per heavy atom. The summed E-state index contributed by atoms with van der Waals surface area (Å²) in [5.74, 6) is 0. The minimum Gasteiger partial charge on any atom is -0.284 e. The van der Waals surface area contributed by atoms with Gasteiger partial charge >= 0.3 is 7.82 Å². The Kier molecular flexibility index (Phi) is 10.2. The molecule has 0 fully saturated rings. The minimum absolute atomic E-state index is 0.104. The highest BCUT2D eigenvalue weighted by atomic mass is 79.9. The van der Waals surface area contributed by atoms with Crippen LogP contribution in [0.2, 0.25) is 0 Å². The summed E-state index contributed by atoms with van der Waals surface area (Å²) in [6.45, 7) is 5.76. The lowest BCUT2D eigenvalue weighted by atomic mass is 10.5. The topological polar surface area (TPSA) is 44.8 Å². The molecule has 0 bridgehead atoms. The van der Waals surface area contributed by atoms with E-state index in [4.69, 9.17) is 13.6 Å². The number of phosphoric acid groups is 1. The molecule has 4 nitrogen and oxygen atoms in total. The summed E-state index contributed by atoms with van der Waals surface area (Å²) in [7, 11) is -3.69. The van der Waals surface area contributed by atoms with Crippen LogP contribution in [0, 0.1) is 0 Å². The third-order valence-electron chi connectivity index (χ3n) is 1.43. The number of phosphoric ester groups is 1. The van der Waals surface area contributed by atoms with Crippen molar-refractivity contribution < 1.29 is 18.1 Å². The average Bonchev–Trinajstić information content (AvgIpc) is 2.18. The maximum Gasteiger partial charge on any atom is 0.475 e. The van der Waals surface area contributed by atoms with Crippen LogP contribution < -0.4 is 0 Å². The van der Waals surface area contributed by atoms with Crippen molar-refractivity contribution in [3.63, 3.8) is 0 Å². The summed E-state index contributed by atoms with van der Waals surface area (Å²) in [5, 5.41) is 0. The normalized spacial score (nSPS) is 14.7. The van der Waals surface area contributed by atoms with E-state index >= 15 is 0 Å². The Bertz CT molecular complexity index is 294. The van der Waals surface area contributed by atoms with Gasteiger partial charge in [-0.3, -0.25) is 13.6 Å². The van der Waals surface area contributed by atoms with Crippen LogP contribution in [0.3, 0.4) is 0 Å². The van der Waals surface area contributed by atoms with Gasteiger partial charge in [0.25, 0.3) is 0 Å². The second kappa shape index (κ2) is 8.90. The lowest BCUT2D eigenvalue weighted by Gasteiger charge is -2.25. The third-order valence-corrected chi connectivity index (χ3v) is 4.14. The zero-order chi connectivity index (χ0) is 16.2. The van der Waals surface area contributed by atoms with Crippen molar-refractivity contribution in [2.45, 2.75) is 30.5 Å². The van der Waals surface area contributed by atoms with Crippen molar-refractivity contribution in [3.05, 3.63) is 0 Å². The zero-order valence-electron chi connectivity index (χ0n) is 11.0. The highest BCUT2D eigenvalue weighted by Gasteiger charge is 2.35.